The van der Waals surface area contributed by atoms with E-state index in [1.807, 2.05) is 12.1 Å². The molecule has 2 atom stereocenters. The lowest BCUT2D eigenvalue weighted by molar-refractivity contribution is 0.100. The van der Waals surface area contributed by atoms with Gasteiger partial charge in [0.25, 0.3) is 5.91 Å². The van der Waals surface area contributed by atoms with Crippen molar-refractivity contribution in [3.63, 3.8) is 0 Å². The largest absolute Gasteiger partial charge is 0.472 e. The van der Waals surface area contributed by atoms with Crippen molar-refractivity contribution in [1.82, 2.24) is 9.97 Å². The average molecular weight is 496 g/mol. The van der Waals surface area contributed by atoms with Crippen LogP contribution in [0.1, 0.15) is 36.0 Å². The zero-order chi connectivity index (χ0) is 25.1. The summed E-state index contributed by atoms with van der Waals surface area (Å²) in [5.74, 6) is -0.501. The van der Waals surface area contributed by atoms with Gasteiger partial charge in [0, 0.05) is 36.3 Å². The number of pyridine rings is 2. The van der Waals surface area contributed by atoms with Crippen LogP contribution in [0.4, 0.5) is 27.5 Å². The molecule has 1 aliphatic carbocycles. The van der Waals surface area contributed by atoms with E-state index in [4.69, 9.17) is 20.6 Å². The normalized spacial score (nSPS) is 20.2. The summed E-state index contributed by atoms with van der Waals surface area (Å²) in [4.78, 5) is 23.4. The maximum Gasteiger partial charge on any atom is 0.252 e. The quantitative estimate of drug-likeness (QED) is 0.388. The summed E-state index contributed by atoms with van der Waals surface area (Å²) < 4.78 is 25.7. The smallest absolute Gasteiger partial charge is 0.252 e. The SMILES string of the molecule is NC(=O)c1cc(F)c(NC2CCCC[C@@H]2N)nc1Nc1cnc(N2CCOCC2)c(-c2ccoc2)c1. The molecule has 0 bridgehead atoms. The van der Waals surface area contributed by atoms with E-state index in [2.05, 4.69) is 25.5 Å². The fraction of sp³-hybridized carbons (Fsp3) is 0.400. The third kappa shape index (κ3) is 5.12. The van der Waals surface area contributed by atoms with Crippen LogP contribution in [0.5, 0.6) is 0 Å². The Balaban J connectivity index is 1.48. The van der Waals surface area contributed by atoms with Gasteiger partial charge in [-0.3, -0.25) is 4.79 Å². The summed E-state index contributed by atoms with van der Waals surface area (Å²) in [6, 6.07) is 4.64. The van der Waals surface area contributed by atoms with E-state index in [-0.39, 0.29) is 29.3 Å². The zero-order valence-corrected chi connectivity index (χ0v) is 19.9. The number of ether oxygens (including phenoxy) is 1. The van der Waals surface area contributed by atoms with E-state index in [1.54, 1.807) is 18.7 Å². The van der Waals surface area contributed by atoms with Crippen molar-refractivity contribution in [2.45, 2.75) is 37.8 Å². The molecule has 11 heteroatoms. The fourth-order valence-corrected chi connectivity index (χ4v) is 4.71. The molecular weight excluding hydrogens is 465 g/mol. The molecule has 1 unspecified atom stereocenters. The van der Waals surface area contributed by atoms with Gasteiger partial charge in [-0.05, 0) is 31.0 Å². The number of carbonyl (C=O) groups is 1. The van der Waals surface area contributed by atoms with Gasteiger partial charge in [-0.15, -0.1) is 0 Å². The number of furan rings is 1. The van der Waals surface area contributed by atoms with E-state index in [0.717, 1.165) is 48.7 Å². The number of primary amides is 1. The predicted molar refractivity (Wildman–Crippen MR) is 135 cm³/mol. The Bertz CT molecular complexity index is 1210. The molecule has 1 amide bonds. The first-order valence-electron chi connectivity index (χ1n) is 12.1. The molecule has 5 rings (SSSR count). The summed E-state index contributed by atoms with van der Waals surface area (Å²) in [6.45, 7) is 2.67. The molecule has 10 nitrogen and oxygen atoms in total. The summed E-state index contributed by atoms with van der Waals surface area (Å²) in [5, 5.41) is 6.24. The fourth-order valence-electron chi connectivity index (χ4n) is 4.71. The highest BCUT2D eigenvalue weighted by molar-refractivity contribution is 5.98. The third-order valence-electron chi connectivity index (χ3n) is 6.66. The number of halogens is 1. The first kappa shape index (κ1) is 24.0. The second-order valence-corrected chi connectivity index (χ2v) is 9.11. The second-order valence-electron chi connectivity index (χ2n) is 9.11. The minimum absolute atomic E-state index is 0.0257. The van der Waals surface area contributed by atoms with Gasteiger partial charge in [-0.2, -0.15) is 0 Å². The van der Waals surface area contributed by atoms with Crippen molar-refractivity contribution in [1.29, 1.82) is 0 Å². The van der Waals surface area contributed by atoms with E-state index < -0.39 is 11.7 Å². The van der Waals surface area contributed by atoms with Crippen LogP contribution in [0.2, 0.25) is 0 Å². The van der Waals surface area contributed by atoms with Crippen molar-refractivity contribution in [3.8, 4) is 11.1 Å². The number of amides is 1. The summed E-state index contributed by atoms with van der Waals surface area (Å²) in [7, 11) is 0. The Labute approximate surface area is 208 Å². The van der Waals surface area contributed by atoms with Crippen LogP contribution >= 0.6 is 0 Å². The molecule has 1 saturated carbocycles. The maximum atomic E-state index is 14.9. The minimum Gasteiger partial charge on any atom is -0.472 e. The van der Waals surface area contributed by atoms with Crippen molar-refractivity contribution in [2.75, 3.05) is 41.8 Å². The number of hydrogen-bond acceptors (Lipinski definition) is 9. The molecule has 190 valence electrons. The first-order chi connectivity index (χ1) is 17.5. The average Bonchev–Trinajstić information content (AvgIpc) is 3.42. The lowest BCUT2D eigenvalue weighted by Gasteiger charge is -2.30. The van der Waals surface area contributed by atoms with Crippen molar-refractivity contribution >= 4 is 29.0 Å². The van der Waals surface area contributed by atoms with Crippen molar-refractivity contribution in [3.05, 3.63) is 48.3 Å². The van der Waals surface area contributed by atoms with Gasteiger partial charge in [-0.25, -0.2) is 14.4 Å². The number of carbonyl (C=O) groups excluding carboxylic acids is 1. The van der Waals surface area contributed by atoms with Crippen molar-refractivity contribution in [2.24, 2.45) is 11.5 Å². The van der Waals surface area contributed by atoms with Crippen LogP contribution in [0.15, 0.2) is 41.3 Å². The second kappa shape index (κ2) is 10.5. The van der Waals surface area contributed by atoms with Gasteiger partial charge in [0.2, 0.25) is 0 Å². The zero-order valence-electron chi connectivity index (χ0n) is 19.9. The molecule has 1 saturated heterocycles. The van der Waals surface area contributed by atoms with Crippen LogP contribution < -0.4 is 27.0 Å². The summed E-state index contributed by atoms with van der Waals surface area (Å²) >= 11 is 0. The molecule has 6 N–H and O–H groups in total. The number of hydrogen-bond donors (Lipinski definition) is 4. The first-order valence-corrected chi connectivity index (χ1v) is 12.1. The van der Waals surface area contributed by atoms with Gasteiger partial charge in [0.15, 0.2) is 11.6 Å². The lowest BCUT2D eigenvalue weighted by Crippen LogP contribution is -2.43. The van der Waals surface area contributed by atoms with Gasteiger partial charge in [0.1, 0.15) is 11.6 Å². The molecular formula is C25H30FN7O3. The molecule has 2 aliphatic rings. The van der Waals surface area contributed by atoms with Crippen LogP contribution in [0.3, 0.4) is 0 Å². The van der Waals surface area contributed by atoms with E-state index >= 15 is 0 Å². The Morgan fingerprint density at radius 2 is 1.97 bits per heavy atom. The third-order valence-corrected chi connectivity index (χ3v) is 6.66. The van der Waals surface area contributed by atoms with Crippen LogP contribution in [0, 0.1) is 5.82 Å². The van der Waals surface area contributed by atoms with E-state index in [9.17, 15) is 9.18 Å². The number of aromatic nitrogens is 2. The lowest BCUT2D eigenvalue weighted by atomic mass is 9.91. The number of rotatable bonds is 7. The molecule has 0 aromatic carbocycles. The Hall–Kier alpha value is -3.70. The number of nitrogens with two attached hydrogens (primary N) is 2. The topological polar surface area (TPSA) is 145 Å². The predicted octanol–water partition coefficient (Wildman–Crippen LogP) is 3.24. The van der Waals surface area contributed by atoms with Crippen LogP contribution in [-0.2, 0) is 4.74 Å². The summed E-state index contributed by atoms with van der Waals surface area (Å²) in [6.07, 6.45) is 8.63. The highest BCUT2D eigenvalue weighted by Crippen LogP contribution is 2.34. The number of anilines is 4. The maximum absolute atomic E-state index is 14.9. The minimum atomic E-state index is -0.794. The monoisotopic (exact) mass is 495 g/mol. The van der Waals surface area contributed by atoms with E-state index in [1.165, 1.54) is 0 Å². The Kier molecular flexibility index (Phi) is 7.01. The number of morpholine rings is 1. The van der Waals surface area contributed by atoms with Crippen molar-refractivity contribution < 1.29 is 18.3 Å². The molecule has 2 fully saturated rings. The number of nitrogens with one attached hydrogen (secondary N) is 2. The molecule has 36 heavy (non-hydrogen) atoms. The molecule has 1 aliphatic heterocycles. The van der Waals surface area contributed by atoms with Gasteiger partial charge in [-0.1, -0.05) is 12.8 Å². The molecule has 3 aromatic rings. The Morgan fingerprint density at radius 3 is 2.69 bits per heavy atom. The highest BCUT2D eigenvalue weighted by atomic mass is 19.1. The van der Waals surface area contributed by atoms with Gasteiger partial charge < -0.3 is 36.2 Å². The van der Waals surface area contributed by atoms with Gasteiger partial charge in [0.05, 0.1) is 43.2 Å². The molecule has 4 heterocycles. The Morgan fingerprint density at radius 1 is 1.17 bits per heavy atom. The van der Waals surface area contributed by atoms with E-state index in [0.29, 0.717) is 32.0 Å². The molecule has 3 aromatic heterocycles. The molecule has 0 radical (unpaired) electrons. The molecule has 0 spiro atoms. The van der Waals surface area contributed by atoms with Crippen LogP contribution in [0.25, 0.3) is 11.1 Å². The van der Waals surface area contributed by atoms with Crippen LogP contribution in [-0.4, -0.2) is 54.3 Å². The highest BCUT2D eigenvalue weighted by Gasteiger charge is 2.25. The number of nitrogens with zero attached hydrogens (tertiary/aromatic N) is 3. The van der Waals surface area contributed by atoms with Gasteiger partial charge >= 0.3 is 0 Å². The standard InChI is InChI=1S/C25H30FN7O3/c26-19-12-18(22(28)34)23(32-24(19)31-21-4-2-1-3-20(21)27)30-16-11-17(15-5-8-36-14-15)25(29-13-16)33-6-9-35-10-7-33/h5,8,11-14,20-21H,1-4,6-7,9-10,27H2,(H2,28,34)(H2,30,31,32)/t20-,21?/m0/s1. The summed E-state index contributed by atoms with van der Waals surface area (Å²) in [5.41, 5.74) is 14.0.